The maximum atomic E-state index is 13.5. The molecule has 1 amide bonds. The molecule has 1 aromatic carbocycles. The molecule has 7 heteroatoms. The van der Waals surface area contributed by atoms with Crippen molar-refractivity contribution >= 4 is 5.91 Å². The van der Waals surface area contributed by atoms with Gasteiger partial charge in [0.05, 0.1) is 12.3 Å². The van der Waals surface area contributed by atoms with E-state index in [1.165, 1.54) is 0 Å². The quantitative estimate of drug-likeness (QED) is 0.838. The molecule has 6 nitrogen and oxygen atoms in total. The van der Waals surface area contributed by atoms with Crippen LogP contribution in [0.15, 0.2) is 30.5 Å². The maximum absolute atomic E-state index is 13.5. The lowest BCUT2D eigenvalue weighted by Gasteiger charge is -2.45. The summed E-state index contributed by atoms with van der Waals surface area (Å²) >= 11 is 0. The number of halogens is 1. The lowest BCUT2D eigenvalue weighted by Crippen LogP contribution is -2.52. The standard InChI is InChI=1S/C17H18FN3O3/c18-12-10-19-20-15(12)16(23)21-7-5-17(6-8-21)9-13(22)11-3-1-2-4-14(11)24-17/h1-4,10,13,22H,5-9H2,(H,19,20). The Morgan fingerprint density at radius 1 is 1.38 bits per heavy atom. The van der Waals surface area contributed by atoms with Crippen molar-refractivity contribution in [2.75, 3.05) is 13.1 Å². The maximum Gasteiger partial charge on any atom is 0.274 e. The molecule has 3 heterocycles. The molecule has 0 bridgehead atoms. The van der Waals surface area contributed by atoms with Gasteiger partial charge in [0.25, 0.3) is 5.91 Å². The van der Waals surface area contributed by atoms with Crippen LogP contribution in [0.2, 0.25) is 0 Å². The highest BCUT2D eigenvalue weighted by molar-refractivity contribution is 5.92. The molecule has 0 radical (unpaired) electrons. The van der Waals surface area contributed by atoms with E-state index in [0.29, 0.717) is 38.1 Å². The van der Waals surface area contributed by atoms with E-state index in [4.69, 9.17) is 4.74 Å². The zero-order chi connectivity index (χ0) is 16.7. The number of ether oxygens (including phenoxy) is 1. The lowest BCUT2D eigenvalue weighted by molar-refractivity contribution is -0.0496. The van der Waals surface area contributed by atoms with Crippen molar-refractivity contribution in [3.05, 3.63) is 47.5 Å². The molecule has 1 spiro atoms. The van der Waals surface area contributed by atoms with Gasteiger partial charge in [-0.1, -0.05) is 18.2 Å². The van der Waals surface area contributed by atoms with Gasteiger partial charge in [0.15, 0.2) is 11.5 Å². The number of aromatic nitrogens is 2. The number of H-pyrrole nitrogens is 1. The van der Waals surface area contributed by atoms with Crippen LogP contribution in [-0.4, -0.2) is 44.8 Å². The Kier molecular flexibility index (Phi) is 3.53. The third-order valence-electron chi connectivity index (χ3n) is 4.94. The number of aliphatic hydroxyl groups is 1. The molecule has 1 fully saturated rings. The largest absolute Gasteiger partial charge is 0.487 e. The molecule has 126 valence electrons. The number of likely N-dealkylation sites (tertiary alicyclic amines) is 1. The molecule has 1 atom stereocenters. The van der Waals surface area contributed by atoms with Crippen molar-refractivity contribution in [2.45, 2.75) is 31.0 Å². The highest BCUT2D eigenvalue weighted by Crippen LogP contribution is 2.44. The average Bonchev–Trinajstić information content (AvgIpc) is 3.01. The number of benzene rings is 1. The number of para-hydroxylation sites is 1. The molecule has 2 aliphatic rings. The van der Waals surface area contributed by atoms with Crippen LogP contribution < -0.4 is 4.74 Å². The van der Waals surface area contributed by atoms with Crippen LogP contribution in [0.1, 0.15) is 41.4 Å². The number of aliphatic hydroxyl groups excluding tert-OH is 1. The van der Waals surface area contributed by atoms with Gasteiger partial charge in [0.2, 0.25) is 0 Å². The first-order valence-corrected chi connectivity index (χ1v) is 8.02. The molecule has 4 rings (SSSR count). The minimum absolute atomic E-state index is 0.110. The fourth-order valence-electron chi connectivity index (χ4n) is 3.59. The predicted molar refractivity (Wildman–Crippen MR) is 83.1 cm³/mol. The summed E-state index contributed by atoms with van der Waals surface area (Å²) in [6.07, 6.45) is 2.13. The third-order valence-corrected chi connectivity index (χ3v) is 4.94. The van der Waals surface area contributed by atoms with Gasteiger partial charge in [0, 0.05) is 37.9 Å². The third kappa shape index (κ3) is 2.45. The summed E-state index contributed by atoms with van der Waals surface area (Å²) in [6, 6.07) is 7.48. The minimum Gasteiger partial charge on any atom is -0.487 e. The molecule has 2 aliphatic heterocycles. The summed E-state index contributed by atoms with van der Waals surface area (Å²) in [5.74, 6) is -0.328. The van der Waals surface area contributed by atoms with Crippen molar-refractivity contribution in [2.24, 2.45) is 0 Å². The van der Waals surface area contributed by atoms with Crippen LogP contribution in [0.25, 0.3) is 0 Å². The van der Waals surface area contributed by atoms with Gasteiger partial charge in [-0.25, -0.2) is 4.39 Å². The zero-order valence-electron chi connectivity index (χ0n) is 13.0. The normalized spacial score (nSPS) is 22.1. The van der Waals surface area contributed by atoms with Gasteiger partial charge >= 0.3 is 0 Å². The van der Waals surface area contributed by atoms with Gasteiger partial charge in [-0.3, -0.25) is 9.89 Å². The smallest absolute Gasteiger partial charge is 0.274 e. The Morgan fingerprint density at radius 2 is 2.12 bits per heavy atom. The van der Waals surface area contributed by atoms with Crippen molar-refractivity contribution < 1.29 is 19.0 Å². The molecule has 1 aromatic heterocycles. The van der Waals surface area contributed by atoms with Crippen LogP contribution in [-0.2, 0) is 0 Å². The number of rotatable bonds is 1. The Labute approximate surface area is 138 Å². The van der Waals surface area contributed by atoms with E-state index in [0.717, 1.165) is 11.8 Å². The monoisotopic (exact) mass is 331 g/mol. The summed E-state index contributed by atoms with van der Waals surface area (Å²) in [5.41, 5.74) is 0.221. The number of fused-ring (bicyclic) bond motifs is 1. The van der Waals surface area contributed by atoms with Crippen LogP contribution in [0.5, 0.6) is 5.75 Å². The summed E-state index contributed by atoms with van der Waals surface area (Å²) < 4.78 is 19.7. The van der Waals surface area contributed by atoms with E-state index < -0.39 is 23.4 Å². The topological polar surface area (TPSA) is 78.5 Å². The average molecular weight is 331 g/mol. The number of nitrogens with one attached hydrogen (secondary N) is 1. The highest BCUT2D eigenvalue weighted by atomic mass is 19.1. The SMILES string of the molecule is O=C(c1[nH]ncc1F)N1CCC2(CC1)CC(O)c1ccccc1O2. The minimum atomic E-state index is -0.640. The lowest BCUT2D eigenvalue weighted by atomic mass is 9.81. The molecular weight excluding hydrogens is 313 g/mol. The highest BCUT2D eigenvalue weighted by Gasteiger charge is 2.43. The van der Waals surface area contributed by atoms with Crippen LogP contribution >= 0.6 is 0 Å². The summed E-state index contributed by atoms with van der Waals surface area (Å²) in [7, 11) is 0. The second kappa shape index (κ2) is 5.59. The first-order chi connectivity index (χ1) is 11.6. The van der Waals surface area contributed by atoms with E-state index in [9.17, 15) is 14.3 Å². The number of carbonyl (C=O) groups excluding carboxylic acids is 1. The molecule has 1 unspecified atom stereocenters. The van der Waals surface area contributed by atoms with E-state index in [1.807, 2.05) is 24.3 Å². The molecule has 0 saturated carbocycles. The number of piperidine rings is 1. The first-order valence-electron chi connectivity index (χ1n) is 8.02. The van der Waals surface area contributed by atoms with Crippen molar-refractivity contribution in [1.82, 2.24) is 15.1 Å². The van der Waals surface area contributed by atoms with E-state index in [-0.39, 0.29) is 5.69 Å². The van der Waals surface area contributed by atoms with Crippen molar-refractivity contribution in [1.29, 1.82) is 0 Å². The fraction of sp³-hybridized carbons (Fsp3) is 0.412. The van der Waals surface area contributed by atoms with Crippen LogP contribution in [0, 0.1) is 5.82 Å². The Bertz CT molecular complexity index is 768. The zero-order valence-corrected chi connectivity index (χ0v) is 13.0. The Balaban J connectivity index is 1.49. The number of nitrogens with zero attached hydrogens (tertiary/aromatic N) is 2. The Hall–Kier alpha value is -2.41. The van der Waals surface area contributed by atoms with Gasteiger partial charge in [-0.2, -0.15) is 5.10 Å². The van der Waals surface area contributed by atoms with Gasteiger partial charge < -0.3 is 14.7 Å². The summed E-state index contributed by atoms with van der Waals surface area (Å²) in [4.78, 5) is 13.9. The fourth-order valence-corrected chi connectivity index (χ4v) is 3.59. The Morgan fingerprint density at radius 3 is 2.83 bits per heavy atom. The summed E-state index contributed by atoms with van der Waals surface area (Å²) in [5, 5.41) is 16.4. The number of aromatic amines is 1. The van der Waals surface area contributed by atoms with Crippen LogP contribution in [0.4, 0.5) is 4.39 Å². The second-order valence-corrected chi connectivity index (χ2v) is 6.43. The number of amides is 1. The van der Waals surface area contributed by atoms with Gasteiger partial charge in [-0.05, 0) is 6.07 Å². The van der Waals surface area contributed by atoms with Crippen molar-refractivity contribution in [3.8, 4) is 5.75 Å². The van der Waals surface area contributed by atoms with Crippen molar-refractivity contribution in [3.63, 3.8) is 0 Å². The molecule has 1 saturated heterocycles. The number of hydrogen-bond donors (Lipinski definition) is 2. The predicted octanol–water partition coefficient (Wildman–Crippen LogP) is 2.04. The van der Waals surface area contributed by atoms with Gasteiger partial charge in [-0.15, -0.1) is 0 Å². The molecule has 2 N–H and O–H groups in total. The summed E-state index contributed by atoms with van der Waals surface area (Å²) in [6.45, 7) is 0.901. The molecular formula is C17H18FN3O3. The molecule has 0 aliphatic carbocycles. The van der Waals surface area contributed by atoms with Crippen LogP contribution in [0.3, 0.4) is 0 Å². The number of carbonyl (C=O) groups is 1. The molecule has 24 heavy (non-hydrogen) atoms. The second-order valence-electron chi connectivity index (χ2n) is 6.43. The number of hydrogen-bond acceptors (Lipinski definition) is 4. The van der Waals surface area contributed by atoms with Gasteiger partial charge in [0.1, 0.15) is 11.4 Å². The van der Waals surface area contributed by atoms with E-state index in [1.54, 1.807) is 4.90 Å². The first kappa shape index (κ1) is 15.1. The van der Waals surface area contributed by atoms with E-state index >= 15 is 0 Å². The molecule has 2 aromatic rings. The van der Waals surface area contributed by atoms with E-state index in [2.05, 4.69) is 10.2 Å².